The number of Topliss-reactive ketones (excluding diaryl/α,β-unsaturated/α-hetero) is 1. The van der Waals surface area contributed by atoms with Gasteiger partial charge in [0.15, 0.2) is 17.3 Å². The van der Waals surface area contributed by atoms with Gasteiger partial charge in [0.1, 0.15) is 0 Å². The summed E-state index contributed by atoms with van der Waals surface area (Å²) in [5.41, 5.74) is 0.526. The van der Waals surface area contributed by atoms with E-state index in [-0.39, 0.29) is 24.4 Å². The third kappa shape index (κ3) is 2.47. The highest BCUT2D eigenvalue weighted by Crippen LogP contribution is 2.33. The summed E-state index contributed by atoms with van der Waals surface area (Å²) >= 11 is 0. The Morgan fingerprint density at radius 2 is 2.00 bits per heavy atom. The molecular formula is C15H18N2O4. The van der Waals surface area contributed by atoms with E-state index in [4.69, 9.17) is 9.47 Å². The van der Waals surface area contributed by atoms with Crippen LogP contribution in [0.2, 0.25) is 0 Å². The zero-order chi connectivity index (χ0) is 15.0. The van der Waals surface area contributed by atoms with Crippen molar-refractivity contribution in [2.24, 2.45) is 5.92 Å². The van der Waals surface area contributed by atoms with Gasteiger partial charge in [-0.15, -0.1) is 0 Å². The number of hydrogen-bond donors (Lipinski definition) is 1. The molecule has 0 spiro atoms. The number of ether oxygens (including phenoxy) is 2. The zero-order valence-electron chi connectivity index (χ0n) is 12.1. The SMILES string of the molecule is C[C@H](C(=O)c1ccc2c(c1)OCO2)N(C)C(=O)C1CNC1. The fraction of sp³-hybridized carbons (Fsp3) is 0.467. The first kappa shape index (κ1) is 13.9. The van der Waals surface area contributed by atoms with Crippen molar-refractivity contribution in [1.29, 1.82) is 0 Å². The first-order valence-corrected chi connectivity index (χ1v) is 6.99. The summed E-state index contributed by atoms with van der Waals surface area (Å²) in [5, 5.41) is 3.06. The standard InChI is InChI=1S/C15H18N2O4/c1-9(17(2)15(19)11-6-16-7-11)14(18)10-3-4-12-13(5-10)21-8-20-12/h3-5,9,11,16H,6-8H2,1-2H3/t9-/m1/s1. The maximum Gasteiger partial charge on any atom is 0.231 e. The second-order valence-corrected chi connectivity index (χ2v) is 5.41. The normalized spacial score (nSPS) is 18.0. The number of carbonyl (C=O) groups excluding carboxylic acids is 2. The highest BCUT2D eigenvalue weighted by atomic mass is 16.7. The lowest BCUT2D eigenvalue weighted by atomic mass is 9.99. The molecule has 1 saturated heterocycles. The van der Waals surface area contributed by atoms with Crippen molar-refractivity contribution in [1.82, 2.24) is 10.2 Å². The monoisotopic (exact) mass is 290 g/mol. The topological polar surface area (TPSA) is 67.9 Å². The van der Waals surface area contributed by atoms with Crippen molar-refractivity contribution in [3.8, 4) is 11.5 Å². The molecule has 0 radical (unpaired) electrons. The van der Waals surface area contributed by atoms with Crippen LogP contribution in [0.15, 0.2) is 18.2 Å². The Morgan fingerprint density at radius 1 is 1.29 bits per heavy atom. The molecule has 1 amide bonds. The van der Waals surface area contributed by atoms with Gasteiger partial charge in [-0.2, -0.15) is 0 Å². The molecule has 1 N–H and O–H groups in total. The molecule has 1 fully saturated rings. The number of carbonyl (C=O) groups is 2. The van der Waals surface area contributed by atoms with Crippen molar-refractivity contribution >= 4 is 11.7 Å². The Hall–Kier alpha value is -2.08. The van der Waals surface area contributed by atoms with Gasteiger partial charge in [0.25, 0.3) is 0 Å². The van der Waals surface area contributed by atoms with Gasteiger partial charge in [-0.3, -0.25) is 9.59 Å². The molecule has 6 heteroatoms. The minimum atomic E-state index is -0.501. The molecular weight excluding hydrogens is 272 g/mol. The third-order valence-corrected chi connectivity index (χ3v) is 4.10. The van der Waals surface area contributed by atoms with Crippen LogP contribution in [0, 0.1) is 5.92 Å². The van der Waals surface area contributed by atoms with E-state index in [1.165, 1.54) is 4.90 Å². The summed E-state index contributed by atoms with van der Waals surface area (Å²) in [6.45, 7) is 3.30. The first-order chi connectivity index (χ1) is 10.1. The largest absolute Gasteiger partial charge is 0.454 e. The lowest BCUT2D eigenvalue weighted by Crippen LogP contribution is -2.54. The Labute approximate surface area is 123 Å². The van der Waals surface area contributed by atoms with Gasteiger partial charge in [0.05, 0.1) is 12.0 Å². The fourth-order valence-corrected chi connectivity index (χ4v) is 2.41. The Kier molecular flexibility index (Phi) is 3.55. The molecule has 6 nitrogen and oxygen atoms in total. The van der Waals surface area contributed by atoms with Gasteiger partial charge in [-0.05, 0) is 25.1 Å². The maximum absolute atomic E-state index is 12.5. The predicted octanol–water partition coefficient (Wildman–Crippen LogP) is 0.664. The van der Waals surface area contributed by atoms with E-state index >= 15 is 0 Å². The van der Waals surface area contributed by atoms with Gasteiger partial charge in [-0.25, -0.2) is 0 Å². The minimum Gasteiger partial charge on any atom is -0.454 e. The summed E-state index contributed by atoms with van der Waals surface area (Å²) in [6.07, 6.45) is 0. The second-order valence-electron chi connectivity index (χ2n) is 5.41. The number of hydrogen-bond acceptors (Lipinski definition) is 5. The van der Waals surface area contributed by atoms with E-state index < -0.39 is 6.04 Å². The molecule has 2 heterocycles. The molecule has 21 heavy (non-hydrogen) atoms. The number of likely N-dealkylation sites (N-methyl/N-ethyl adjacent to an activating group) is 1. The summed E-state index contributed by atoms with van der Waals surface area (Å²) < 4.78 is 10.5. The number of ketones is 1. The maximum atomic E-state index is 12.5. The number of benzene rings is 1. The van der Waals surface area contributed by atoms with E-state index in [0.717, 1.165) is 0 Å². The summed E-state index contributed by atoms with van der Waals surface area (Å²) in [7, 11) is 1.68. The molecule has 3 rings (SSSR count). The van der Waals surface area contributed by atoms with Crippen LogP contribution in [-0.4, -0.2) is 49.6 Å². The van der Waals surface area contributed by atoms with E-state index in [0.29, 0.717) is 30.2 Å². The fourth-order valence-electron chi connectivity index (χ4n) is 2.41. The van der Waals surface area contributed by atoms with Crippen molar-refractivity contribution < 1.29 is 19.1 Å². The molecule has 0 bridgehead atoms. The van der Waals surface area contributed by atoms with Crippen molar-refractivity contribution in [3.63, 3.8) is 0 Å². The lowest BCUT2D eigenvalue weighted by Gasteiger charge is -2.33. The Balaban J connectivity index is 1.73. The smallest absolute Gasteiger partial charge is 0.231 e. The number of rotatable bonds is 4. The molecule has 2 aliphatic heterocycles. The molecule has 0 unspecified atom stereocenters. The molecule has 1 atom stereocenters. The summed E-state index contributed by atoms with van der Waals surface area (Å²) in [5.74, 6) is 1.11. The molecule has 1 aromatic carbocycles. The Bertz CT molecular complexity index is 583. The van der Waals surface area contributed by atoms with Crippen LogP contribution in [-0.2, 0) is 4.79 Å². The Morgan fingerprint density at radius 3 is 2.67 bits per heavy atom. The second kappa shape index (κ2) is 5.37. The zero-order valence-corrected chi connectivity index (χ0v) is 12.1. The van der Waals surface area contributed by atoms with Crippen LogP contribution in [0.3, 0.4) is 0 Å². The van der Waals surface area contributed by atoms with E-state index in [1.807, 2.05) is 0 Å². The van der Waals surface area contributed by atoms with Crippen LogP contribution >= 0.6 is 0 Å². The van der Waals surface area contributed by atoms with Crippen molar-refractivity contribution in [2.75, 3.05) is 26.9 Å². The summed E-state index contributed by atoms with van der Waals surface area (Å²) in [6, 6.07) is 4.60. The number of amides is 1. The van der Waals surface area contributed by atoms with Crippen LogP contribution < -0.4 is 14.8 Å². The number of fused-ring (bicyclic) bond motifs is 1. The van der Waals surface area contributed by atoms with Crippen LogP contribution in [0.4, 0.5) is 0 Å². The molecule has 0 aliphatic carbocycles. The quantitative estimate of drug-likeness (QED) is 0.825. The van der Waals surface area contributed by atoms with Crippen LogP contribution in [0.5, 0.6) is 11.5 Å². The van der Waals surface area contributed by atoms with Crippen molar-refractivity contribution in [3.05, 3.63) is 23.8 Å². The van der Waals surface area contributed by atoms with E-state index in [9.17, 15) is 9.59 Å². The van der Waals surface area contributed by atoms with Crippen LogP contribution in [0.25, 0.3) is 0 Å². The van der Waals surface area contributed by atoms with E-state index in [2.05, 4.69) is 5.32 Å². The lowest BCUT2D eigenvalue weighted by molar-refractivity contribution is -0.136. The van der Waals surface area contributed by atoms with E-state index in [1.54, 1.807) is 32.2 Å². The van der Waals surface area contributed by atoms with Gasteiger partial charge in [0, 0.05) is 25.7 Å². The average Bonchev–Trinajstić information content (AvgIpc) is 2.90. The van der Waals surface area contributed by atoms with Crippen LogP contribution in [0.1, 0.15) is 17.3 Å². The molecule has 2 aliphatic rings. The van der Waals surface area contributed by atoms with Crippen molar-refractivity contribution in [2.45, 2.75) is 13.0 Å². The first-order valence-electron chi connectivity index (χ1n) is 6.99. The molecule has 112 valence electrons. The summed E-state index contributed by atoms with van der Waals surface area (Å²) in [4.78, 5) is 26.2. The molecule has 0 aromatic heterocycles. The van der Waals surface area contributed by atoms with Gasteiger partial charge < -0.3 is 19.7 Å². The van der Waals surface area contributed by atoms with Gasteiger partial charge in [0.2, 0.25) is 12.7 Å². The number of nitrogens with zero attached hydrogens (tertiary/aromatic N) is 1. The molecule has 1 aromatic rings. The third-order valence-electron chi connectivity index (χ3n) is 4.10. The predicted molar refractivity (Wildman–Crippen MR) is 75.5 cm³/mol. The highest BCUT2D eigenvalue weighted by Gasteiger charge is 2.32. The minimum absolute atomic E-state index is 0.00958. The average molecular weight is 290 g/mol. The number of nitrogens with one attached hydrogen (secondary N) is 1. The highest BCUT2D eigenvalue weighted by molar-refractivity contribution is 6.02. The van der Waals surface area contributed by atoms with Gasteiger partial charge >= 0.3 is 0 Å². The molecule has 0 saturated carbocycles. The van der Waals surface area contributed by atoms with Gasteiger partial charge in [-0.1, -0.05) is 0 Å².